The van der Waals surface area contributed by atoms with Crippen LogP contribution in [0, 0.1) is 0 Å². The number of nitrogens with one attached hydrogen (secondary N) is 5. The van der Waals surface area contributed by atoms with E-state index in [0.29, 0.717) is 11.8 Å². The van der Waals surface area contributed by atoms with Gasteiger partial charge in [0.25, 0.3) is 0 Å². The van der Waals surface area contributed by atoms with E-state index in [1.165, 1.54) is 20.2 Å². The summed E-state index contributed by atoms with van der Waals surface area (Å²) in [6.07, 6.45) is 0.737. The fourth-order valence-corrected chi connectivity index (χ4v) is 2.38. The lowest BCUT2D eigenvalue weighted by Gasteiger charge is -2.25. The number of primary amides is 1. The van der Waals surface area contributed by atoms with Crippen molar-refractivity contribution in [2.75, 3.05) is 26.5 Å². The number of thioether (sulfide) groups is 1. The lowest BCUT2D eigenvalue weighted by atomic mass is 10.1. The van der Waals surface area contributed by atoms with Gasteiger partial charge in [-0.05, 0) is 20.2 Å². The SMILES string of the molecule is C.CNCC(=O)NC(CO)C(=O)N[C@@H](C)C(=O)N[C@@H](CC(N)=O)C(=O)NC(O)(C=O)SC. The maximum Gasteiger partial charge on any atom is 0.246 e. The molecule has 0 saturated carbocycles. The van der Waals surface area contributed by atoms with Crippen molar-refractivity contribution in [3.05, 3.63) is 0 Å². The summed E-state index contributed by atoms with van der Waals surface area (Å²) in [6, 6.07) is -4.13. The molecule has 0 aromatic rings. The third-order valence-electron chi connectivity index (χ3n) is 3.74. The van der Waals surface area contributed by atoms with E-state index in [9.17, 15) is 39.0 Å². The molecule has 0 aliphatic rings. The standard InChI is InChI=1S/C16H28N6O8S.CH4/c1-8(19-14(28)10(6-23)20-12(26)5-18-2)13(27)21-9(4-11(17)25)15(29)22-16(30,7-24)31-3;/h7-10,18,23,30H,4-6H2,1-3H3,(H2,17,25)(H,19,28)(H,20,26)(H,21,27)(H,22,29);1H4/t8-,9-,10?,16?;/m0./s1. The molecule has 0 aliphatic heterocycles. The minimum atomic E-state index is -2.28. The normalized spacial score (nSPS) is 14.9. The first kappa shape index (κ1) is 31.4. The van der Waals surface area contributed by atoms with Crippen molar-refractivity contribution < 1.29 is 39.0 Å². The zero-order valence-corrected chi connectivity index (χ0v) is 18.1. The van der Waals surface area contributed by atoms with Crippen LogP contribution in [-0.2, 0) is 28.8 Å². The summed E-state index contributed by atoms with van der Waals surface area (Å²) in [7, 11) is 1.51. The molecule has 0 radical (unpaired) electrons. The predicted molar refractivity (Wildman–Crippen MR) is 116 cm³/mol. The number of aliphatic hydroxyl groups excluding tert-OH is 1. The zero-order valence-electron chi connectivity index (χ0n) is 17.3. The van der Waals surface area contributed by atoms with Crippen LogP contribution in [0.3, 0.4) is 0 Å². The molecule has 5 amide bonds. The Bertz CT molecular complexity index is 694. The Balaban J connectivity index is 0. The first-order chi connectivity index (χ1) is 14.4. The Kier molecular flexibility index (Phi) is 14.9. The Hall–Kier alpha value is -2.75. The average Bonchev–Trinajstić information content (AvgIpc) is 2.70. The minimum absolute atomic E-state index is 0. The molecular formula is C17H32N6O8S. The molecule has 0 rings (SSSR count). The van der Waals surface area contributed by atoms with Crippen molar-refractivity contribution in [2.24, 2.45) is 5.73 Å². The maximum atomic E-state index is 12.4. The highest BCUT2D eigenvalue weighted by Crippen LogP contribution is 2.13. The van der Waals surface area contributed by atoms with Crippen molar-refractivity contribution in [3.8, 4) is 0 Å². The quantitative estimate of drug-likeness (QED) is 0.0877. The van der Waals surface area contributed by atoms with Crippen LogP contribution < -0.4 is 32.3 Å². The van der Waals surface area contributed by atoms with Gasteiger partial charge < -0.3 is 42.5 Å². The lowest BCUT2D eigenvalue weighted by Crippen LogP contribution is -2.59. The van der Waals surface area contributed by atoms with Gasteiger partial charge in [0, 0.05) is 0 Å². The van der Waals surface area contributed by atoms with Crippen LogP contribution in [0.15, 0.2) is 0 Å². The van der Waals surface area contributed by atoms with E-state index in [-0.39, 0.29) is 20.3 Å². The number of hydrogen-bond donors (Lipinski definition) is 8. The van der Waals surface area contributed by atoms with Gasteiger partial charge in [-0.3, -0.25) is 28.8 Å². The van der Waals surface area contributed by atoms with Gasteiger partial charge in [0.1, 0.15) is 18.1 Å². The largest absolute Gasteiger partial charge is 0.394 e. The van der Waals surface area contributed by atoms with E-state index in [0.717, 1.165) is 0 Å². The number of rotatable bonds is 14. The Morgan fingerprint density at radius 1 is 1.06 bits per heavy atom. The topological polar surface area (TPSA) is 229 Å². The fraction of sp³-hybridized carbons (Fsp3) is 0.647. The van der Waals surface area contributed by atoms with Crippen LogP contribution in [0.5, 0.6) is 0 Å². The van der Waals surface area contributed by atoms with Gasteiger partial charge >= 0.3 is 0 Å². The summed E-state index contributed by atoms with van der Waals surface area (Å²) in [6.45, 7) is 0.411. The molecule has 184 valence electrons. The molecule has 0 spiro atoms. The fourth-order valence-electron chi connectivity index (χ4n) is 2.08. The molecule has 0 aliphatic carbocycles. The van der Waals surface area contributed by atoms with Crippen LogP contribution >= 0.6 is 11.8 Å². The van der Waals surface area contributed by atoms with E-state index < -0.39 is 65.7 Å². The highest BCUT2D eigenvalue weighted by atomic mass is 32.2. The van der Waals surface area contributed by atoms with E-state index in [2.05, 4.69) is 21.3 Å². The maximum absolute atomic E-state index is 12.4. The smallest absolute Gasteiger partial charge is 0.246 e. The summed E-state index contributed by atoms with van der Waals surface area (Å²) >= 11 is 0.591. The van der Waals surface area contributed by atoms with Crippen molar-refractivity contribution in [1.29, 1.82) is 0 Å². The Labute approximate surface area is 189 Å². The van der Waals surface area contributed by atoms with Crippen LogP contribution in [0.25, 0.3) is 0 Å². The second kappa shape index (κ2) is 15.1. The molecule has 0 heterocycles. The minimum Gasteiger partial charge on any atom is -0.394 e. The van der Waals surface area contributed by atoms with Gasteiger partial charge in [-0.15, -0.1) is 11.8 Å². The van der Waals surface area contributed by atoms with E-state index in [1.807, 2.05) is 5.32 Å². The number of hydrogen-bond acceptors (Lipinski definition) is 10. The van der Waals surface area contributed by atoms with Gasteiger partial charge in [0.15, 0.2) is 6.29 Å². The van der Waals surface area contributed by atoms with Gasteiger partial charge in [-0.2, -0.15) is 0 Å². The van der Waals surface area contributed by atoms with Crippen LogP contribution in [0.4, 0.5) is 0 Å². The first-order valence-electron chi connectivity index (χ1n) is 8.92. The summed E-state index contributed by atoms with van der Waals surface area (Å²) in [5, 5.41) is 28.1. The van der Waals surface area contributed by atoms with Gasteiger partial charge in [-0.1, -0.05) is 7.43 Å². The average molecular weight is 481 g/mol. The Morgan fingerprint density at radius 3 is 2.09 bits per heavy atom. The first-order valence-corrected chi connectivity index (χ1v) is 10.1. The summed E-state index contributed by atoms with van der Waals surface area (Å²) in [4.78, 5) is 70.5. The molecule has 0 aromatic carbocycles. The third-order valence-corrected chi connectivity index (χ3v) is 4.56. The molecule has 0 bridgehead atoms. The number of aliphatic hydroxyl groups is 2. The van der Waals surface area contributed by atoms with Crippen LogP contribution in [0.1, 0.15) is 20.8 Å². The number of likely N-dealkylation sites (N-methyl/N-ethyl adjacent to an activating group) is 1. The molecule has 0 saturated heterocycles. The monoisotopic (exact) mass is 480 g/mol. The highest BCUT2D eigenvalue weighted by molar-refractivity contribution is 8.00. The van der Waals surface area contributed by atoms with Crippen molar-refractivity contribution in [1.82, 2.24) is 26.6 Å². The van der Waals surface area contributed by atoms with Crippen molar-refractivity contribution in [3.63, 3.8) is 0 Å². The number of amides is 5. The zero-order chi connectivity index (χ0) is 24.2. The molecular weight excluding hydrogens is 448 g/mol. The van der Waals surface area contributed by atoms with Gasteiger partial charge in [-0.25, -0.2) is 0 Å². The molecule has 4 atom stereocenters. The third kappa shape index (κ3) is 11.0. The predicted octanol–water partition coefficient (Wildman–Crippen LogP) is -4.49. The van der Waals surface area contributed by atoms with E-state index >= 15 is 0 Å². The summed E-state index contributed by atoms with van der Waals surface area (Å²) in [5.41, 5.74) is 5.07. The number of carbonyl (C=O) groups excluding carboxylic acids is 6. The second-order valence-corrected chi connectivity index (χ2v) is 7.33. The molecule has 9 N–H and O–H groups in total. The Morgan fingerprint density at radius 2 is 1.66 bits per heavy atom. The summed E-state index contributed by atoms with van der Waals surface area (Å²) in [5.74, 6) is -4.37. The van der Waals surface area contributed by atoms with Crippen LogP contribution in [0.2, 0.25) is 0 Å². The van der Waals surface area contributed by atoms with Crippen LogP contribution in [-0.4, -0.2) is 95.7 Å². The molecule has 15 heteroatoms. The molecule has 2 unspecified atom stereocenters. The number of carbonyl (C=O) groups is 6. The summed E-state index contributed by atoms with van der Waals surface area (Å²) < 4.78 is 0. The number of aldehydes is 1. The van der Waals surface area contributed by atoms with Crippen molar-refractivity contribution in [2.45, 2.75) is 44.0 Å². The molecule has 0 aromatic heterocycles. The van der Waals surface area contributed by atoms with E-state index in [4.69, 9.17) is 5.73 Å². The second-order valence-electron chi connectivity index (χ2n) is 6.30. The highest BCUT2D eigenvalue weighted by Gasteiger charge is 2.33. The van der Waals surface area contributed by atoms with Gasteiger partial charge in [0.05, 0.1) is 19.6 Å². The molecule has 32 heavy (non-hydrogen) atoms. The molecule has 0 fully saturated rings. The van der Waals surface area contributed by atoms with Crippen molar-refractivity contribution >= 4 is 47.6 Å². The van der Waals surface area contributed by atoms with E-state index in [1.54, 1.807) is 0 Å². The lowest BCUT2D eigenvalue weighted by molar-refractivity contribution is -0.137. The van der Waals surface area contributed by atoms with Gasteiger partial charge in [0.2, 0.25) is 34.6 Å². The molecule has 14 nitrogen and oxygen atoms in total. The number of nitrogens with two attached hydrogens (primary N) is 1.